The topological polar surface area (TPSA) is 95.9 Å². The number of rotatable bonds is 5. The minimum Gasteiger partial charge on any atom is -0.490 e. The number of para-hydroxylation sites is 2. The fraction of sp³-hybridized carbons (Fsp3) is 0.192. The number of nitrogens with one attached hydrogen (secondary N) is 1. The van der Waals surface area contributed by atoms with Crippen molar-refractivity contribution in [1.82, 2.24) is 4.57 Å². The molecule has 8 heteroatoms. The highest BCUT2D eigenvalue weighted by Crippen LogP contribution is 2.32. The highest BCUT2D eigenvalue weighted by molar-refractivity contribution is 5.95. The Kier molecular flexibility index (Phi) is 5.86. The van der Waals surface area contributed by atoms with Crippen molar-refractivity contribution in [3.63, 3.8) is 0 Å². The largest absolute Gasteiger partial charge is 0.490 e. The minimum atomic E-state index is -0.590. The second kappa shape index (κ2) is 9.27. The monoisotopic (exact) mass is 458 g/mol. The van der Waals surface area contributed by atoms with Crippen molar-refractivity contribution in [2.75, 3.05) is 25.1 Å². The van der Waals surface area contributed by atoms with Gasteiger partial charge in [0, 0.05) is 28.9 Å². The highest BCUT2D eigenvalue weighted by Gasteiger charge is 2.16. The van der Waals surface area contributed by atoms with E-state index in [2.05, 4.69) is 5.32 Å². The van der Waals surface area contributed by atoms with Gasteiger partial charge in [-0.15, -0.1) is 0 Å². The van der Waals surface area contributed by atoms with Gasteiger partial charge in [-0.2, -0.15) is 0 Å². The Morgan fingerprint density at radius 2 is 1.53 bits per heavy atom. The van der Waals surface area contributed by atoms with Gasteiger partial charge < -0.3 is 24.1 Å². The summed E-state index contributed by atoms with van der Waals surface area (Å²) in [5.74, 6) is 0.122. The Hall–Kier alpha value is -4.33. The van der Waals surface area contributed by atoms with Gasteiger partial charge >= 0.3 is 5.97 Å². The molecule has 1 aliphatic heterocycles. The second-order valence-corrected chi connectivity index (χ2v) is 7.87. The Morgan fingerprint density at radius 1 is 0.882 bits per heavy atom. The van der Waals surface area contributed by atoms with Gasteiger partial charge in [0.1, 0.15) is 6.54 Å². The molecule has 0 atom stereocenters. The Balaban J connectivity index is 1.29. The number of pyridine rings is 1. The summed E-state index contributed by atoms with van der Waals surface area (Å²) in [4.78, 5) is 37.8. The first-order valence-electron chi connectivity index (χ1n) is 11.0. The van der Waals surface area contributed by atoms with Crippen LogP contribution in [0.2, 0.25) is 0 Å². The number of esters is 1. The van der Waals surface area contributed by atoms with Crippen molar-refractivity contribution in [3.05, 3.63) is 77.0 Å². The summed E-state index contributed by atoms with van der Waals surface area (Å²) in [7, 11) is 0. The second-order valence-electron chi connectivity index (χ2n) is 7.87. The molecule has 0 radical (unpaired) electrons. The molecular weight excluding hydrogens is 436 g/mol. The zero-order valence-corrected chi connectivity index (χ0v) is 18.3. The molecule has 0 bridgehead atoms. The van der Waals surface area contributed by atoms with Crippen molar-refractivity contribution < 1.29 is 23.8 Å². The third kappa shape index (κ3) is 4.30. The number of fused-ring (bicyclic) bond motifs is 3. The standard InChI is InChI=1S/C26H22N2O6/c29-24(27-17-10-11-22-23(14-17)33-13-5-12-32-22)16-34-25(30)15-28-20-8-3-1-6-18(20)26(31)19-7-2-4-9-21(19)28/h1-4,6-11,14H,5,12-13,15-16H2,(H,27,29). The quantitative estimate of drug-likeness (QED) is 0.363. The summed E-state index contributed by atoms with van der Waals surface area (Å²) in [6, 6.07) is 19.3. The predicted octanol–water partition coefficient (Wildman–Crippen LogP) is 3.50. The van der Waals surface area contributed by atoms with Crippen molar-refractivity contribution in [1.29, 1.82) is 0 Å². The first-order valence-corrected chi connectivity index (χ1v) is 11.0. The average Bonchev–Trinajstić information content (AvgIpc) is 3.10. The van der Waals surface area contributed by atoms with E-state index in [1.165, 1.54) is 0 Å². The number of carbonyl (C=O) groups excluding carboxylic acids is 2. The van der Waals surface area contributed by atoms with Crippen LogP contribution in [-0.2, 0) is 20.9 Å². The molecule has 8 nitrogen and oxygen atoms in total. The van der Waals surface area contributed by atoms with E-state index in [-0.39, 0.29) is 12.0 Å². The summed E-state index contributed by atoms with van der Waals surface area (Å²) in [5, 5.41) is 3.73. The zero-order chi connectivity index (χ0) is 23.5. The Morgan fingerprint density at radius 3 is 2.24 bits per heavy atom. The van der Waals surface area contributed by atoms with Gasteiger partial charge in [0.15, 0.2) is 23.5 Å². The van der Waals surface area contributed by atoms with E-state index in [4.69, 9.17) is 14.2 Å². The van der Waals surface area contributed by atoms with Gasteiger partial charge in [-0.25, -0.2) is 0 Å². The van der Waals surface area contributed by atoms with Crippen LogP contribution >= 0.6 is 0 Å². The van der Waals surface area contributed by atoms with Gasteiger partial charge in [0.05, 0.1) is 24.2 Å². The van der Waals surface area contributed by atoms with Gasteiger partial charge in [-0.1, -0.05) is 24.3 Å². The molecule has 1 aliphatic rings. The SMILES string of the molecule is O=C(COC(=O)Cn1c2ccccc2c(=O)c2ccccc21)Nc1ccc2c(c1)OCCCO2. The molecule has 3 aromatic carbocycles. The molecule has 0 saturated carbocycles. The Labute approximate surface area is 194 Å². The lowest BCUT2D eigenvalue weighted by Crippen LogP contribution is -2.24. The van der Waals surface area contributed by atoms with Gasteiger partial charge in [0.2, 0.25) is 0 Å². The van der Waals surface area contributed by atoms with Crippen LogP contribution in [0.15, 0.2) is 71.5 Å². The number of ether oxygens (including phenoxy) is 3. The number of anilines is 1. The molecule has 0 unspecified atom stereocenters. The van der Waals surface area contributed by atoms with Crippen molar-refractivity contribution in [2.45, 2.75) is 13.0 Å². The molecular formula is C26H22N2O6. The fourth-order valence-corrected chi connectivity index (χ4v) is 4.01. The molecule has 0 aliphatic carbocycles. The molecule has 1 aromatic heterocycles. The molecule has 1 N–H and O–H groups in total. The van der Waals surface area contributed by atoms with Gasteiger partial charge in [-0.05, 0) is 36.4 Å². The van der Waals surface area contributed by atoms with Crippen LogP contribution in [0.1, 0.15) is 6.42 Å². The summed E-state index contributed by atoms with van der Waals surface area (Å²) in [6.45, 7) is 0.535. The van der Waals surface area contributed by atoms with Crippen molar-refractivity contribution in [2.24, 2.45) is 0 Å². The minimum absolute atomic E-state index is 0.0923. The number of hydrogen-bond donors (Lipinski definition) is 1. The first-order chi connectivity index (χ1) is 16.6. The van der Waals surface area contributed by atoms with Crippen LogP contribution in [0.4, 0.5) is 5.69 Å². The predicted molar refractivity (Wildman–Crippen MR) is 127 cm³/mol. The summed E-state index contributed by atoms with van der Waals surface area (Å²) >= 11 is 0. The number of nitrogens with zero attached hydrogens (tertiary/aromatic N) is 1. The van der Waals surface area contributed by atoms with E-state index in [9.17, 15) is 14.4 Å². The van der Waals surface area contributed by atoms with E-state index in [0.717, 1.165) is 6.42 Å². The van der Waals surface area contributed by atoms with Gasteiger partial charge in [-0.3, -0.25) is 14.4 Å². The number of aromatic nitrogens is 1. The molecule has 1 amide bonds. The highest BCUT2D eigenvalue weighted by atomic mass is 16.5. The summed E-state index contributed by atoms with van der Waals surface area (Å²) in [5.41, 5.74) is 1.67. The fourth-order valence-electron chi connectivity index (χ4n) is 4.01. The number of amides is 1. The molecule has 5 rings (SSSR count). The number of carbonyl (C=O) groups is 2. The lowest BCUT2D eigenvalue weighted by Gasteiger charge is -2.15. The van der Waals surface area contributed by atoms with E-state index in [1.807, 2.05) is 0 Å². The van der Waals surface area contributed by atoms with Crippen LogP contribution < -0.4 is 20.2 Å². The van der Waals surface area contributed by atoms with E-state index < -0.39 is 18.5 Å². The van der Waals surface area contributed by atoms with Gasteiger partial charge in [0.25, 0.3) is 5.91 Å². The molecule has 2 heterocycles. The van der Waals surface area contributed by atoms with E-state index in [1.54, 1.807) is 71.3 Å². The lowest BCUT2D eigenvalue weighted by atomic mass is 10.1. The maximum absolute atomic E-state index is 12.8. The van der Waals surface area contributed by atoms with Crippen LogP contribution in [-0.4, -0.2) is 36.3 Å². The summed E-state index contributed by atoms with van der Waals surface area (Å²) < 4.78 is 18.2. The molecule has 0 saturated heterocycles. The van der Waals surface area contributed by atoms with Crippen molar-refractivity contribution in [3.8, 4) is 11.5 Å². The van der Waals surface area contributed by atoms with Crippen LogP contribution in [0, 0.1) is 0 Å². The van der Waals surface area contributed by atoms with Crippen LogP contribution in [0.25, 0.3) is 21.8 Å². The first kappa shape index (κ1) is 21.5. The average molecular weight is 458 g/mol. The maximum Gasteiger partial charge on any atom is 0.326 e. The van der Waals surface area contributed by atoms with Crippen LogP contribution in [0.3, 0.4) is 0 Å². The summed E-state index contributed by atoms with van der Waals surface area (Å²) in [6.07, 6.45) is 0.784. The molecule has 4 aromatic rings. The Bertz CT molecular complexity index is 1400. The molecule has 172 valence electrons. The third-order valence-electron chi connectivity index (χ3n) is 5.56. The van der Waals surface area contributed by atoms with E-state index in [0.29, 0.717) is 52.2 Å². The molecule has 0 fully saturated rings. The van der Waals surface area contributed by atoms with E-state index >= 15 is 0 Å². The smallest absolute Gasteiger partial charge is 0.326 e. The maximum atomic E-state index is 12.8. The molecule has 0 spiro atoms. The van der Waals surface area contributed by atoms with Crippen molar-refractivity contribution >= 4 is 39.4 Å². The number of hydrogen-bond acceptors (Lipinski definition) is 6. The zero-order valence-electron chi connectivity index (χ0n) is 18.3. The normalized spacial score (nSPS) is 12.8. The lowest BCUT2D eigenvalue weighted by molar-refractivity contribution is -0.147. The third-order valence-corrected chi connectivity index (χ3v) is 5.56. The van der Waals surface area contributed by atoms with Crippen LogP contribution in [0.5, 0.6) is 11.5 Å². The molecule has 34 heavy (non-hydrogen) atoms. The number of benzene rings is 3.